The number of halogens is 1. The van der Waals surface area contributed by atoms with Crippen molar-refractivity contribution in [3.63, 3.8) is 0 Å². The Bertz CT molecular complexity index is 1220. The van der Waals surface area contributed by atoms with Crippen molar-refractivity contribution >= 4 is 15.6 Å². The molecule has 146 valence electrons. The number of ketones is 1. The maximum absolute atomic E-state index is 13.3. The van der Waals surface area contributed by atoms with Gasteiger partial charge in [-0.25, -0.2) is 12.8 Å². The summed E-state index contributed by atoms with van der Waals surface area (Å²) in [7, 11) is -3.61. The van der Waals surface area contributed by atoms with E-state index >= 15 is 0 Å². The van der Waals surface area contributed by atoms with Crippen LogP contribution in [0.2, 0.25) is 0 Å². The maximum Gasteiger partial charge on any atom is 0.277 e. The highest BCUT2D eigenvalue weighted by Crippen LogP contribution is 2.33. The van der Waals surface area contributed by atoms with E-state index < -0.39 is 27.0 Å². The van der Waals surface area contributed by atoms with Gasteiger partial charge in [-0.1, -0.05) is 12.1 Å². The first kappa shape index (κ1) is 19.8. The number of H-pyrrole nitrogens is 1. The number of aryl methyl sites for hydroxylation is 1. The number of nitrogens with one attached hydrogen (secondary N) is 1. The van der Waals surface area contributed by atoms with E-state index in [1.54, 1.807) is 13.8 Å². The predicted octanol–water partition coefficient (Wildman–Crippen LogP) is 2.95. The molecule has 3 rings (SSSR count). The topological polar surface area (TPSA) is 89.0 Å². The van der Waals surface area contributed by atoms with E-state index in [9.17, 15) is 22.4 Å². The number of carbonyl (C=O) groups excluding carboxylic acids is 1. The molecule has 0 fully saturated rings. The van der Waals surface area contributed by atoms with Crippen molar-refractivity contribution in [1.29, 1.82) is 0 Å². The molecule has 0 atom stereocenters. The van der Waals surface area contributed by atoms with Crippen LogP contribution in [0.25, 0.3) is 11.1 Å². The van der Waals surface area contributed by atoms with Crippen molar-refractivity contribution in [3.05, 3.63) is 75.5 Å². The van der Waals surface area contributed by atoms with Gasteiger partial charge in [0, 0.05) is 30.1 Å². The summed E-state index contributed by atoms with van der Waals surface area (Å²) in [6, 6.07) is 8.12. The van der Waals surface area contributed by atoms with Crippen molar-refractivity contribution < 1.29 is 17.6 Å². The van der Waals surface area contributed by atoms with Crippen molar-refractivity contribution in [2.24, 2.45) is 0 Å². The monoisotopic (exact) mass is 402 g/mol. The Hall–Kier alpha value is -3.00. The molecule has 0 aliphatic rings. The molecule has 1 aromatic heterocycles. The smallest absolute Gasteiger partial charge is 0.277 e. The van der Waals surface area contributed by atoms with Gasteiger partial charge >= 0.3 is 0 Å². The number of aromatic amines is 1. The number of aromatic nitrogens is 2. The molecule has 0 unspecified atom stereocenters. The van der Waals surface area contributed by atoms with E-state index in [0.29, 0.717) is 23.2 Å². The molecule has 0 bridgehead atoms. The SMILES string of the molecule is CCn1[nH]cc(C(=O)c2ccc(S(C)(=O)=O)c(-c3ccc(F)cc3)c2C)c1=O. The van der Waals surface area contributed by atoms with Crippen molar-refractivity contribution in [2.45, 2.75) is 25.3 Å². The van der Waals surface area contributed by atoms with Gasteiger partial charge in [-0.05, 0) is 49.2 Å². The van der Waals surface area contributed by atoms with Gasteiger partial charge < -0.3 is 5.10 Å². The van der Waals surface area contributed by atoms with Crippen molar-refractivity contribution in [2.75, 3.05) is 6.26 Å². The number of sulfone groups is 1. The zero-order chi connectivity index (χ0) is 20.6. The van der Waals surface area contributed by atoms with Crippen LogP contribution in [0.1, 0.15) is 28.4 Å². The highest BCUT2D eigenvalue weighted by Gasteiger charge is 2.24. The fraction of sp³-hybridized carbons (Fsp3) is 0.200. The van der Waals surface area contributed by atoms with E-state index in [4.69, 9.17) is 0 Å². The second-order valence-corrected chi connectivity index (χ2v) is 8.44. The van der Waals surface area contributed by atoms with Crippen LogP contribution in [0.3, 0.4) is 0 Å². The molecule has 0 saturated heterocycles. The molecule has 3 aromatic rings. The second kappa shape index (κ2) is 7.20. The summed E-state index contributed by atoms with van der Waals surface area (Å²) in [6.45, 7) is 3.77. The normalized spacial score (nSPS) is 11.6. The van der Waals surface area contributed by atoms with Crippen LogP contribution in [0.5, 0.6) is 0 Å². The van der Waals surface area contributed by atoms with E-state index in [1.165, 1.54) is 47.3 Å². The first-order valence-corrected chi connectivity index (χ1v) is 10.5. The van der Waals surface area contributed by atoms with E-state index in [-0.39, 0.29) is 16.0 Å². The molecular formula is C20H19FN2O4S. The predicted molar refractivity (Wildman–Crippen MR) is 104 cm³/mol. The van der Waals surface area contributed by atoms with E-state index in [1.807, 2.05) is 0 Å². The third-order valence-corrected chi connectivity index (χ3v) is 5.74. The summed E-state index contributed by atoms with van der Waals surface area (Å²) in [5.74, 6) is -0.962. The van der Waals surface area contributed by atoms with Gasteiger partial charge in [0.1, 0.15) is 11.4 Å². The average molecular weight is 402 g/mol. The van der Waals surface area contributed by atoms with E-state index in [2.05, 4.69) is 5.10 Å². The Morgan fingerprint density at radius 2 is 1.75 bits per heavy atom. The summed E-state index contributed by atoms with van der Waals surface area (Å²) >= 11 is 0. The lowest BCUT2D eigenvalue weighted by Crippen LogP contribution is -2.21. The second-order valence-electron chi connectivity index (χ2n) is 6.46. The number of hydrogen-bond donors (Lipinski definition) is 1. The van der Waals surface area contributed by atoms with Gasteiger partial charge in [0.2, 0.25) is 0 Å². The fourth-order valence-corrected chi connectivity index (χ4v) is 4.12. The van der Waals surface area contributed by atoms with Crippen LogP contribution in [-0.2, 0) is 16.4 Å². The largest absolute Gasteiger partial charge is 0.302 e. The van der Waals surface area contributed by atoms with Crippen LogP contribution in [0.4, 0.5) is 4.39 Å². The lowest BCUT2D eigenvalue weighted by atomic mass is 9.93. The number of nitrogens with zero attached hydrogens (tertiary/aromatic N) is 1. The minimum atomic E-state index is -3.61. The number of hydrogen-bond acceptors (Lipinski definition) is 4. The quantitative estimate of drug-likeness (QED) is 0.665. The number of benzene rings is 2. The Morgan fingerprint density at radius 3 is 2.29 bits per heavy atom. The molecule has 1 heterocycles. The van der Waals surface area contributed by atoms with Gasteiger partial charge in [-0.2, -0.15) is 0 Å². The van der Waals surface area contributed by atoms with Crippen LogP contribution in [-0.4, -0.2) is 30.2 Å². The Balaban J connectivity index is 2.26. The molecule has 0 aliphatic carbocycles. The zero-order valence-electron chi connectivity index (χ0n) is 15.6. The summed E-state index contributed by atoms with van der Waals surface area (Å²) < 4.78 is 39.2. The van der Waals surface area contributed by atoms with Crippen LogP contribution in [0.15, 0.2) is 52.3 Å². The van der Waals surface area contributed by atoms with Crippen LogP contribution >= 0.6 is 0 Å². The van der Waals surface area contributed by atoms with Crippen LogP contribution in [0, 0.1) is 12.7 Å². The van der Waals surface area contributed by atoms with Gasteiger partial charge in [-0.15, -0.1) is 0 Å². The lowest BCUT2D eigenvalue weighted by Gasteiger charge is -2.15. The summed E-state index contributed by atoms with van der Waals surface area (Å²) in [6.07, 6.45) is 2.41. The van der Waals surface area contributed by atoms with Gasteiger partial charge in [0.15, 0.2) is 15.6 Å². The Kier molecular flexibility index (Phi) is 5.08. The minimum Gasteiger partial charge on any atom is -0.302 e. The first-order chi connectivity index (χ1) is 13.1. The van der Waals surface area contributed by atoms with E-state index in [0.717, 1.165) is 6.26 Å². The maximum atomic E-state index is 13.3. The highest BCUT2D eigenvalue weighted by molar-refractivity contribution is 7.90. The molecule has 0 aliphatic heterocycles. The molecule has 2 aromatic carbocycles. The summed E-state index contributed by atoms with van der Waals surface area (Å²) in [5, 5.41) is 2.73. The average Bonchev–Trinajstić information content (AvgIpc) is 3.01. The summed E-state index contributed by atoms with van der Waals surface area (Å²) in [5.41, 5.74) is 0.938. The standard InChI is InChI=1S/C20H19FN2O4S/c1-4-23-20(25)16(11-22-23)19(24)15-9-10-17(28(3,26)27)18(12(15)2)13-5-7-14(21)8-6-13/h5-11,22H,4H2,1-3H3. The van der Waals surface area contributed by atoms with Gasteiger partial charge in [-0.3, -0.25) is 14.3 Å². The zero-order valence-corrected chi connectivity index (χ0v) is 16.4. The highest BCUT2D eigenvalue weighted by atomic mass is 32.2. The summed E-state index contributed by atoms with van der Waals surface area (Å²) in [4.78, 5) is 25.3. The third kappa shape index (κ3) is 3.43. The molecule has 6 nitrogen and oxygen atoms in total. The number of rotatable bonds is 5. The van der Waals surface area contributed by atoms with Crippen LogP contribution < -0.4 is 5.56 Å². The molecule has 28 heavy (non-hydrogen) atoms. The first-order valence-electron chi connectivity index (χ1n) is 8.57. The Morgan fingerprint density at radius 1 is 1.11 bits per heavy atom. The van der Waals surface area contributed by atoms with Gasteiger partial charge in [0.05, 0.1) is 4.90 Å². The van der Waals surface area contributed by atoms with Crippen molar-refractivity contribution in [3.8, 4) is 11.1 Å². The molecule has 8 heteroatoms. The molecular weight excluding hydrogens is 383 g/mol. The molecule has 0 radical (unpaired) electrons. The fourth-order valence-electron chi connectivity index (χ4n) is 3.17. The Labute approximate surface area is 161 Å². The number of carbonyl (C=O) groups is 1. The molecule has 0 saturated carbocycles. The lowest BCUT2D eigenvalue weighted by molar-refractivity contribution is 0.103. The third-order valence-electron chi connectivity index (χ3n) is 4.60. The van der Waals surface area contributed by atoms with Crippen molar-refractivity contribution in [1.82, 2.24) is 9.78 Å². The molecule has 0 spiro atoms. The molecule has 1 N–H and O–H groups in total. The van der Waals surface area contributed by atoms with Gasteiger partial charge in [0.25, 0.3) is 5.56 Å². The minimum absolute atomic E-state index is 0.0258. The molecule has 0 amide bonds.